The summed E-state index contributed by atoms with van der Waals surface area (Å²) in [5.74, 6) is 0.847. The lowest BCUT2D eigenvalue weighted by molar-refractivity contribution is 0.306. The van der Waals surface area contributed by atoms with E-state index in [1.54, 1.807) is 6.21 Å². The standard InChI is InChI=1S/C16H20BrN3OS/c1-3-4-5-8-21-15-7-6-14(17)9-13(15)10-18-20-16-19-12(2)11-22-16/h6-7,9-11H,3-5,8H2,1-2H3,(H,19,20). The number of thiazole rings is 1. The third-order valence-electron chi connectivity index (χ3n) is 2.96. The van der Waals surface area contributed by atoms with Crippen LogP contribution < -0.4 is 10.2 Å². The van der Waals surface area contributed by atoms with Crippen LogP contribution in [-0.4, -0.2) is 17.8 Å². The van der Waals surface area contributed by atoms with Gasteiger partial charge in [0.1, 0.15) is 5.75 Å². The van der Waals surface area contributed by atoms with Gasteiger partial charge in [-0.1, -0.05) is 35.7 Å². The van der Waals surface area contributed by atoms with Crippen LogP contribution in [0.5, 0.6) is 5.75 Å². The summed E-state index contributed by atoms with van der Waals surface area (Å²) in [7, 11) is 0. The van der Waals surface area contributed by atoms with E-state index in [4.69, 9.17) is 4.74 Å². The number of halogens is 1. The SMILES string of the molecule is CCCCCOc1ccc(Br)cc1C=NNc1nc(C)cs1. The average Bonchev–Trinajstić information content (AvgIpc) is 2.91. The number of unbranched alkanes of at least 4 members (excludes halogenated alkanes) is 2. The van der Waals surface area contributed by atoms with E-state index in [0.29, 0.717) is 0 Å². The second kappa shape index (κ2) is 8.90. The van der Waals surface area contributed by atoms with Crippen molar-refractivity contribution in [2.45, 2.75) is 33.1 Å². The number of rotatable bonds is 8. The van der Waals surface area contributed by atoms with E-state index in [0.717, 1.165) is 39.6 Å². The molecular formula is C16H20BrN3OS. The zero-order chi connectivity index (χ0) is 15.8. The molecule has 22 heavy (non-hydrogen) atoms. The van der Waals surface area contributed by atoms with Crippen LogP contribution in [0.15, 0.2) is 33.2 Å². The number of aromatic nitrogens is 1. The van der Waals surface area contributed by atoms with Crippen molar-refractivity contribution in [1.82, 2.24) is 4.98 Å². The Hall–Kier alpha value is -1.40. The van der Waals surface area contributed by atoms with Crippen LogP contribution >= 0.6 is 27.3 Å². The van der Waals surface area contributed by atoms with Crippen LogP contribution in [0.1, 0.15) is 37.4 Å². The van der Waals surface area contributed by atoms with E-state index >= 15 is 0 Å². The van der Waals surface area contributed by atoms with Crippen LogP contribution in [0.3, 0.4) is 0 Å². The summed E-state index contributed by atoms with van der Waals surface area (Å²) in [4.78, 5) is 4.31. The van der Waals surface area contributed by atoms with Crippen LogP contribution in [0.4, 0.5) is 5.13 Å². The van der Waals surface area contributed by atoms with E-state index < -0.39 is 0 Å². The van der Waals surface area contributed by atoms with E-state index in [1.165, 1.54) is 24.2 Å². The number of aryl methyl sites for hydroxylation is 1. The van der Waals surface area contributed by atoms with E-state index in [1.807, 2.05) is 30.5 Å². The normalized spacial score (nSPS) is 11.0. The number of hydrogen-bond acceptors (Lipinski definition) is 5. The van der Waals surface area contributed by atoms with Gasteiger partial charge >= 0.3 is 0 Å². The lowest BCUT2D eigenvalue weighted by Crippen LogP contribution is -2.00. The van der Waals surface area contributed by atoms with Gasteiger partial charge in [-0.2, -0.15) is 5.10 Å². The molecule has 1 N–H and O–H groups in total. The van der Waals surface area contributed by atoms with Gasteiger partial charge in [0.05, 0.1) is 18.5 Å². The fourth-order valence-corrected chi connectivity index (χ4v) is 2.86. The fourth-order valence-electron chi connectivity index (χ4n) is 1.85. The first kappa shape index (κ1) is 17.0. The maximum Gasteiger partial charge on any atom is 0.203 e. The Morgan fingerprint density at radius 3 is 3.00 bits per heavy atom. The molecule has 0 unspecified atom stereocenters. The molecule has 0 atom stereocenters. The van der Waals surface area contributed by atoms with Gasteiger partial charge in [0.25, 0.3) is 0 Å². The molecule has 0 spiro atoms. The van der Waals surface area contributed by atoms with Crippen LogP contribution in [0.25, 0.3) is 0 Å². The molecule has 1 aromatic heterocycles. The summed E-state index contributed by atoms with van der Waals surface area (Å²) in [5, 5.41) is 7.02. The van der Waals surface area contributed by atoms with Gasteiger partial charge in [0.15, 0.2) is 0 Å². The van der Waals surface area contributed by atoms with Crippen molar-refractivity contribution in [3.63, 3.8) is 0 Å². The van der Waals surface area contributed by atoms with Crippen LogP contribution in [0.2, 0.25) is 0 Å². The molecule has 2 rings (SSSR count). The lowest BCUT2D eigenvalue weighted by Gasteiger charge is -2.09. The quantitative estimate of drug-likeness (QED) is 0.386. The van der Waals surface area contributed by atoms with E-state index in [9.17, 15) is 0 Å². The number of nitrogens with one attached hydrogen (secondary N) is 1. The molecule has 0 radical (unpaired) electrons. The molecular weight excluding hydrogens is 362 g/mol. The first-order valence-corrected chi connectivity index (χ1v) is 9.00. The molecule has 0 aliphatic heterocycles. The van der Waals surface area contributed by atoms with Gasteiger partial charge in [0.2, 0.25) is 5.13 Å². The number of hydrogen-bond donors (Lipinski definition) is 1. The second-order valence-electron chi connectivity index (χ2n) is 4.90. The smallest absolute Gasteiger partial charge is 0.203 e. The summed E-state index contributed by atoms with van der Waals surface area (Å²) in [6.07, 6.45) is 5.20. The molecule has 1 aromatic carbocycles. The maximum atomic E-state index is 5.85. The molecule has 0 saturated carbocycles. The molecule has 0 aliphatic carbocycles. The second-order valence-corrected chi connectivity index (χ2v) is 6.68. The molecule has 2 aromatic rings. The van der Waals surface area contributed by atoms with Gasteiger partial charge in [0, 0.05) is 15.4 Å². The van der Waals surface area contributed by atoms with Crippen LogP contribution in [-0.2, 0) is 0 Å². The molecule has 0 bridgehead atoms. The van der Waals surface area contributed by atoms with Crippen molar-refractivity contribution in [3.05, 3.63) is 39.3 Å². The van der Waals surface area contributed by atoms with Gasteiger partial charge < -0.3 is 4.74 Å². The van der Waals surface area contributed by atoms with Gasteiger partial charge in [-0.3, -0.25) is 5.43 Å². The van der Waals surface area contributed by atoms with Crippen molar-refractivity contribution >= 4 is 38.6 Å². The summed E-state index contributed by atoms with van der Waals surface area (Å²) < 4.78 is 6.85. The van der Waals surface area contributed by atoms with Crippen molar-refractivity contribution in [3.8, 4) is 5.75 Å². The van der Waals surface area contributed by atoms with Crippen molar-refractivity contribution in [2.75, 3.05) is 12.0 Å². The summed E-state index contributed by atoms with van der Waals surface area (Å²) in [6, 6.07) is 5.93. The minimum Gasteiger partial charge on any atom is -0.493 e. The predicted octanol–water partition coefficient (Wildman–Crippen LogP) is 5.23. The predicted molar refractivity (Wildman–Crippen MR) is 97.2 cm³/mol. The fraction of sp³-hybridized carbons (Fsp3) is 0.375. The van der Waals surface area contributed by atoms with Gasteiger partial charge in [-0.15, -0.1) is 11.3 Å². The average molecular weight is 382 g/mol. The van der Waals surface area contributed by atoms with Crippen molar-refractivity contribution in [1.29, 1.82) is 0 Å². The Labute approximate surface area is 143 Å². The van der Waals surface area contributed by atoms with Gasteiger partial charge in [-0.05, 0) is 31.5 Å². The molecule has 0 amide bonds. The highest BCUT2D eigenvalue weighted by atomic mass is 79.9. The van der Waals surface area contributed by atoms with Gasteiger partial charge in [-0.25, -0.2) is 4.98 Å². The number of ether oxygens (including phenoxy) is 1. The minimum absolute atomic E-state index is 0.732. The Balaban J connectivity index is 1.99. The first-order chi connectivity index (χ1) is 10.7. The number of anilines is 1. The molecule has 1 heterocycles. The monoisotopic (exact) mass is 381 g/mol. The summed E-state index contributed by atoms with van der Waals surface area (Å²) in [5.41, 5.74) is 4.87. The molecule has 0 saturated heterocycles. The van der Waals surface area contributed by atoms with Crippen LogP contribution in [0, 0.1) is 6.92 Å². The van der Waals surface area contributed by atoms with Crippen molar-refractivity contribution < 1.29 is 4.74 Å². The Morgan fingerprint density at radius 2 is 2.27 bits per heavy atom. The third kappa shape index (κ3) is 5.42. The zero-order valence-corrected chi connectivity index (χ0v) is 15.2. The highest BCUT2D eigenvalue weighted by Crippen LogP contribution is 2.22. The summed E-state index contributed by atoms with van der Waals surface area (Å²) in [6.45, 7) is 4.88. The molecule has 6 heteroatoms. The first-order valence-electron chi connectivity index (χ1n) is 7.32. The molecule has 0 aliphatic rings. The highest BCUT2D eigenvalue weighted by Gasteiger charge is 2.03. The van der Waals surface area contributed by atoms with Crippen molar-refractivity contribution in [2.24, 2.45) is 5.10 Å². The Bertz CT molecular complexity index is 628. The van der Waals surface area contributed by atoms with E-state index in [2.05, 4.69) is 38.4 Å². The highest BCUT2D eigenvalue weighted by molar-refractivity contribution is 9.10. The molecule has 0 fully saturated rings. The lowest BCUT2D eigenvalue weighted by atomic mass is 10.2. The zero-order valence-electron chi connectivity index (χ0n) is 12.8. The Kier molecular flexibility index (Phi) is 6.86. The number of benzene rings is 1. The third-order valence-corrected chi connectivity index (χ3v) is 4.32. The topological polar surface area (TPSA) is 46.5 Å². The summed E-state index contributed by atoms with van der Waals surface area (Å²) >= 11 is 5.02. The molecule has 118 valence electrons. The largest absolute Gasteiger partial charge is 0.493 e. The number of hydrazone groups is 1. The minimum atomic E-state index is 0.732. The van der Waals surface area contributed by atoms with E-state index in [-0.39, 0.29) is 0 Å². The Morgan fingerprint density at radius 1 is 1.41 bits per heavy atom. The maximum absolute atomic E-state index is 5.85. The molecule has 4 nitrogen and oxygen atoms in total. The number of nitrogens with zero attached hydrogens (tertiary/aromatic N) is 2.